The lowest BCUT2D eigenvalue weighted by molar-refractivity contribution is 0.628. The lowest BCUT2D eigenvalue weighted by Gasteiger charge is -2.18. The Labute approximate surface area is 391 Å². The van der Waals surface area contributed by atoms with Gasteiger partial charge in [-0.25, -0.2) is 4.39 Å². The van der Waals surface area contributed by atoms with Gasteiger partial charge in [-0.15, -0.1) is 0 Å². The standard InChI is InChI=1S/C61H46FN3/c62-54-31-32-55(58-42-65-61(52-19-11-4-12-20-52)39-57(58)49-29-27-48(28-30-49)47-13-5-1-6-14-47)56(38-54)53-36-45(23-21-43-25-33-59(63-40-43)50-15-7-2-8-16-50)35-46(37-53)24-22-44-26-34-60(64-41-44)51-17-9-3-10-18-51/h1-20,25-42H,21-24H2/i21D2,22D2,23D2,24D2. The minimum Gasteiger partial charge on any atom is -0.256 e. The highest BCUT2D eigenvalue weighted by molar-refractivity contribution is 5.93. The molecule has 0 amide bonds. The summed E-state index contributed by atoms with van der Waals surface area (Å²) in [5.41, 5.74) is 8.49. The van der Waals surface area contributed by atoms with Crippen molar-refractivity contribution in [3.05, 3.63) is 259 Å². The van der Waals surface area contributed by atoms with E-state index in [1.807, 2.05) is 152 Å². The van der Waals surface area contributed by atoms with E-state index in [1.165, 1.54) is 54.9 Å². The van der Waals surface area contributed by atoms with Crippen LogP contribution in [-0.4, -0.2) is 15.0 Å². The van der Waals surface area contributed by atoms with E-state index in [4.69, 9.17) is 4.98 Å². The smallest absolute Gasteiger partial charge is 0.123 e. The summed E-state index contributed by atoms with van der Waals surface area (Å²) in [6, 6.07) is 62.7. The topological polar surface area (TPSA) is 38.7 Å². The number of aromatic nitrogens is 3. The number of pyridine rings is 3. The molecule has 3 nitrogen and oxygen atoms in total. The molecule has 0 N–H and O–H groups in total. The quantitative estimate of drug-likeness (QED) is 0.116. The number of halogens is 1. The third-order valence-electron chi connectivity index (χ3n) is 11.2. The molecule has 3 heterocycles. The van der Waals surface area contributed by atoms with Crippen LogP contribution < -0.4 is 0 Å². The van der Waals surface area contributed by atoms with Crippen LogP contribution in [0, 0.1) is 5.82 Å². The Hall–Kier alpha value is -8.08. The van der Waals surface area contributed by atoms with Gasteiger partial charge in [-0.2, -0.15) is 0 Å². The summed E-state index contributed by atoms with van der Waals surface area (Å²) < 4.78 is 92.3. The molecule has 65 heavy (non-hydrogen) atoms. The van der Waals surface area contributed by atoms with Gasteiger partial charge >= 0.3 is 0 Å². The second-order valence-electron chi connectivity index (χ2n) is 15.5. The van der Waals surface area contributed by atoms with E-state index in [0.29, 0.717) is 28.2 Å². The van der Waals surface area contributed by atoms with Gasteiger partial charge in [-0.3, -0.25) is 15.0 Å². The van der Waals surface area contributed by atoms with Gasteiger partial charge in [0.25, 0.3) is 0 Å². The Balaban J connectivity index is 1.15. The SMILES string of the molecule is [2H]C([2H])(c1ccc(-c2ccccc2)nc1)C([2H])([2H])c1cc(-c2cc(F)ccc2-c2cnc(-c3ccccc3)cc2-c2ccc(-c3ccccc3)cc2)cc(C([2H])([2H])C([2H])([2H])c2ccc(-c3ccccc3)nc2)c1. The molecule has 0 fully saturated rings. The minimum absolute atomic E-state index is 0.0778. The number of benzene rings is 7. The fourth-order valence-corrected chi connectivity index (χ4v) is 7.85. The first kappa shape index (κ1) is 32.6. The highest BCUT2D eigenvalue weighted by Gasteiger charge is 2.18. The molecule has 0 atom stereocenters. The second-order valence-corrected chi connectivity index (χ2v) is 15.5. The van der Waals surface area contributed by atoms with Crippen molar-refractivity contribution in [1.29, 1.82) is 0 Å². The zero-order valence-corrected chi connectivity index (χ0v) is 35.2. The van der Waals surface area contributed by atoms with Crippen molar-refractivity contribution in [1.82, 2.24) is 15.0 Å². The predicted molar refractivity (Wildman–Crippen MR) is 266 cm³/mol. The molecule has 0 aliphatic heterocycles. The van der Waals surface area contributed by atoms with Gasteiger partial charge in [-0.1, -0.05) is 182 Å². The van der Waals surface area contributed by atoms with Crippen molar-refractivity contribution in [2.45, 2.75) is 25.5 Å². The van der Waals surface area contributed by atoms with Gasteiger partial charge in [0.05, 0.1) is 17.1 Å². The molecule has 312 valence electrons. The summed E-state index contributed by atoms with van der Waals surface area (Å²) in [4.78, 5) is 13.9. The Bertz CT molecular complexity index is 3420. The zero-order valence-electron chi connectivity index (χ0n) is 43.2. The molecule has 0 unspecified atom stereocenters. The number of hydrogen-bond acceptors (Lipinski definition) is 3. The van der Waals surface area contributed by atoms with E-state index in [2.05, 4.69) is 9.97 Å². The van der Waals surface area contributed by atoms with Gasteiger partial charge < -0.3 is 0 Å². The van der Waals surface area contributed by atoms with E-state index in [-0.39, 0.29) is 33.4 Å². The van der Waals surface area contributed by atoms with Crippen molar-refractivity contribution < 1.29 is 15.4 Å². The molecule has 0 aliphatic carbocycles. The van der Waals surface area contributed by atoms with E-state index in [9.17, 15) is 11.0 Å². The number of nitrogens with zero attached hydrogens (tertiary/aromatic N) is 3. The molecule has 10 rings (SSSR count). The Morgan fingerprint density at radius 1 is 0.292 bits per heavy atom. The van der Waals surface area contributed by atoms with Crippen LogP contribution in [0.3, 0.4) is 0 Å². The average Bonchev–Trinajstić information content (AvgIpc) is 3.43. The number of rotatable bonds is 13. The third-order valence-corrected chi connectivity index (χ3v) is 11.2. The molecule has 0 radical (unpaired) electrons. The van der Waals surface area contributed by atoms with Crippen LogP contribution in [0.4, 0.5) is 4.39 Å². The van der Waals surface area contributed by atoms with Crippen LogP contribution in [0.25, 0.3) is 78.3 Å². The zero-order chi connectivity index (χ0) is 51.0. The molecule has 0 aliphatic rings. The van der Waals surface area contributed by atoms with Crippen molar-refractivity contribution in [3.63, 3.8) is 0 Å². The molecule has 3 aromatic heterocycles. The second kappa shape index (κ2) is 19.1. The third kappa shape index (κ3) is 9.63. The molecule has 4 heteroatoms. The molecule has 0 spiro atoms. The Kier molecular flexibility index (Phi) is 9.58. The molecular weight excluding hydrogens is 794 g/mol. The summed E-state index contributed by atoms with van der Waals surface area (Å²) in [5.74, 6) is -0.640. The van der Waals surface area contributed by atoms with Crippen molar-refractivity contribution >= 4 is 0 Å². The summed E-state index contributed by atoms with van der Waals surface area (Å²) in [7, 11) is 0. The van der Waals surface area contributed by atoms with Crippen LogP contribution in [0.5, 0.6) is 0 Å². The monoisotopic (exact) mass is 847 g/mol. The highest BCUT2D eigenvalue weighted by Crippen LogP contribution is 2.41. The first-order chi connectivity index (χ1) is 35.1. The lowest BCUT2D eigenvalue weighted by Crippen LogP contribution is -1.99. The van der Waals surface area contributed by atoms with Crippen LogP contribution in [0.1, 0.15) is 33.2 Å². The van der Waals surface area contributed by atoms with Gasteiger partial charge in [0.1, 0.15) is 5.82 Å². The Morgan fingerprint density at radius 2 is 0.723 bits per heavy atom. The molecular formula is C61H46FN3. The van der Waals surface area contributed by atoms with Crippen LogP contribution in [0.2, 0.25) is 0 Å². The fraction of sp³-hybridized carbons (Fsp3) is 0.0656. The van der Waals surface area contributed by atoms with Gasteiger partial charge in [0, 0.05) is 51.8 Å². The fourth-order valence-electron chi connectivity index (χ4n) is 7.85. The normalized spacial score (nSPS) is 13.8. The van der Waals surface area contributed by atoms with Gasteiger partial charge in [-0.05, 0) is 117 Å². The highest BCUT2D eigenvalue weighted by atomic mass is 19.1. The molecule has 0 bridgehead atoms. The summed E-state index contributed by atoms with van der Waals surface area (Å²) in [5, 5.41) is 0. The molecule has 10 aromatic rings. The molecule has 0 saturated carbocycles. The van der Waals surface area contributed by atoms with Gasteiger partial charge in [0.2, 0.25) is 0 Å². The van der Waals surface area contributed by atoms with E-state index >= 15 is 4.39 Å². The van der Waals surface area contributed by atoms with Crippen LogP contribution >= 0.6 is 0 Å². The lowest BCUT2D eigenvalue weighted by atomic mass is 9.87. The summed E-state index contributed by atoms with van der Waals surface area (Å²) in [6.07, 6.45) is -7.09. The molecule has 7 aromatic carbocycles. The maximum Gasteiger partial charge on any atom is 0.123 e. The summed E-state index contributed by atoms with van der Waals surface area (Å²) >= 11 is 0. The first-order valence-corrected chi connectivity index (χ1v) is 21.3. The maximum atomic E-state index is 16.0. The summed E-state index contributed by atoms with van der Waals surface area (Å²) in [6.45, 7) is 0. The Morgan fingerprint density at radius 3 is 1.23 bits per heavy atom. The maximum absolute atomic E-state index is 16.0. The molecule has 0 saturated heterocycles. The van der Waals surface area contributed by atoms with Crippen molar-refractivity contribution in [2.75, 3.05) is 0 Å². The van der Waals surface area contributed by atoms with Crippen LogP contribution in [0.15, 0.2) is 231 Å². The number of hydrogen-bond donors (Lipinski definition) is 0. The van der Waals surface area contributed by atoms with Gasteiger partial charge in [0.15, 0.2) is 0 Å². The van der Waals surface area contributed by atoms with E-state index < -0.39 is 31.3 Å². The minimum atomic E-state index is -2.91. The average molecular weight is 848 g/mol. The largest absolute Gasteiger partial charge is 0.256 e. The van der Waals surface area contributed by atoms with Crippen molar-refractivity contribution in [3.8, 4) is 78.3 Å². The van der Waals surface area contributed by atoms with Crippen molar-refractivity contribution in [2.24, 2.45) is 0 Å². The number of aryl methyl sites for hydroxylation is 4. The predicted octanol–water partition coefficient (Wildman–Crippen LogP) is 15.3. The van der Waals surface area contributed by atoms with Crippen LogP contribution in [-0.2, 0) is 25.5 Å². The first-order valence-electron chi connectivity index (χ1n) is 25.3. The van der Waals surface area contributed by atoms with E-state index in [1.54, 1.807) is 24.4 Å². The van der Waals surface area contributed by atoms with E-state index in [0.717, 1.165) is 38.9 Å².